The van der Waals surface area contributed by atoms with Gasteiger partial charge in [0.15, 0.2) is 0 Å². The number of fused-ring (bicyclic) bond motifs is 7. The number of hydrogen-bond donors (Lipinski definition) is 2. The molecule has 4 rings (SSSR count). The minimum Gasteiger partial charge on any atom is -0.488 e. The summed E-state index contributed by atoms with van der Waals surface area (Å²) < 4.78 is 6.27. The lowest BCUT2D eigenvalue weighted by Crippen LogP contribution is -2.60. The Kier molecular flexibility index (Phi) is 8.94. The van der Waals surface area contributed by atoms with Crippen LogP contribution in [0.4, 0.5) is 0 Å². The molecule has 1 fully saturated rings. The second kappa shape index (κ2) is 11.7. The van der Waals surface area contributed by atoms with Gasteiger partial charge >= 0.3 is 0 Å². The zero-order valence-electron chi connectivity index (χ0n) is 21.8. The highest BCUT2D eigenvalue weighted by Gasteiger charge is 2.47. The van der Waals surface area contributed by atoms with Gasteiger partial charge in [-0.2, -0.15) is 0 Å². The Morgan fingerprint density at radius 3 is 2.40 bits per heavy atom. The molecule has 35 heavy (non-hydrogen) atoms. The largest absolute Gasteiger partial charge is 0.488 e. The van der Waals surface area contributed by atoms with Crippen LogP contribution in [0.1, 0.15) is 52.5 Å². The van der Waals surface area contributed by atoms with Crippen molar-refractivity contribution in [1.29, 1.82) is 0 Å². The van der Waals surface area contributed by atoms with Crippen LogP contribution in [0.5, 0.6) is 5.75 Å². The molecule has 1 saturated heterocycles. The fourth-order valence-corrected chi connectivity index (χ4v) is 4.89. The van der Waals surface area contributed by atoms with Crippen molar-refractivity contribution in [3.05, 3.63) is 36.0 Å². The molecule has 0 spiro atoms. The molecule has 0 aromatic heterocycles. The van der Waals surface area contributed by atoms with Crippen LogP contribution in [0.2, 0.25) is 0 Å². The lowest BCUT2D eigenvalue weighted by atomic mass is 9.96. The third kappa shape index (κ3) is 6.04. The Hall–Kier alpha value is -2.87. The van der Waals surface area contributed by atoms with Gasteiger partial charge in [-0.25, -0.2) is 0 Å². The Morgan fingerprint density at radius 1 is 1.11 bits per heavy atom. The molecule has 1 aromatic carbocycles. The molecule has 0 radical (unpaired) electrons. The summed E-state index contributed by atoms with van der Waals surface area (Å²) in [6.07, 6.45) is 4.98. The predicted molar refractivity (Wildman–Crippen MR) is 136 cm³/mol. The summed E-state index contributed by atoms with van der Waals surface area (Å²) in [6, 6.07) is 5.58. The van der Waals surface area contributed by atoms with E-state index in [2.05, 4.69) is 24.5 Å². The molecule has 3 aliphatic heterocycles. The predicted octanol–water partition coefficient (Wildman–Crippen LogP) is 2.64. The summed E-state index contributed by atoms with van der Waals surface area (Å²) in [7, 11) is 3.79. The van der Waals surface area contributed by atoms with Gasteiger partial charge in [0.25, 0.3) is 0 Å². The van der Waals surface area contributed by atoms with Crippen LogP contribution in [-0.4, -0.2) is 72.4 Å². The van der Waals surface area contributed by atoms with E-state index in [0.29, 0.717) is 25.1 Å². The minimum atomic E-state index is -0.827. The number of likely N-dealkylation sites (tertiary alicyclic amines) is 1. The van der Waals surface area contributed by atoms with Crippen LogP contribution < -0.4 is 15.4 Å². The molecule has 2 bridgehead atoms. The summed E-state index contributed by atoms with van der Waals surface area (Å²) in [5.41, 5.74) is 0.918. The summed E-state index contributed by atoms with van der Waals surface area (Å²) >= 11 is 0. The van der Waals surface area contributed by atoms with Crippen LogP contribution >= 0.6 is 0 Å². The molecule has 6 atom stereocenters. The zero-order chi connectivity index (χ0) is 25.7. The molecule has 192 valence electrons. The van der Waals surface area contributed by atoms with Crippen molar-refractivity contribution >= 4 is 23.8 Å². The first-order valence-electron chi connectivity index (χ1n) is 12.7. The lowest BCUT2D eigenvalue weighted by Gasteiger charge is -2.36. The van der Waals surface area contributed by atoms with Gasteiger partial charge in [0.1, 0.15) is 23.9 Å². The third-order valence-corrected chi connectivity index (χ3v) is 7.35. The average molecular weight is 485 g/mol. The molecular weight excluding hydrogens is 444 g/mol. The van der Waals surface area contributed by atoms with Crippen molar-refractivity contribution in [2.45, 2.75) is 71.2 Å². The second-order valence-electron chi connectivity index (χ2n) is 10.00. The van der Waals surface area contributed by atoms with Gasteiger partial charge in [0.2, 0.25) is 17.7 Å². The van der Waals surface area contributed by atoms with Gasteiger partial charge in [-0.1, -0.05) is 52.7 Å². The van der Waals surface area contributed by atoms with Gasteiger partial charge in [0.05, 0.1) is 6.04 Å². The number of likely N-dealkylation sites (N-methyl/N-ethyl adjacent to an activating group) is 1. The first-order valence-corrected chi connectivity index (χ1v) is 12.7. The van der Waals surface area contributed by atoms with Gasteiger partial charge in [-0.3, -0.25) is 19.3 Å². The number of benzene rings is 1. The van der Waals surface area contributed by atoms with Crippen molar-refractivity contribution in [2.75, 3.05) is 20.6 Å². The number of rotatable bonds is 6. The number of hydrogen-bond acceptors (Lipinski definition) is 5. The van der Waals surface area contributed by atoms with Crippen molar-refractivity contribution < 1.29 is 19.1 Å². The van der Waals surface area contributed by atoms with Crippen molar-refractivity contribution in [3.8, 4) is 5.75 Å². The molecule has 2 N–H and O–H groups in total. The summed E-state index contributed by atoms with van der Waals surface area (Å²) in [5, 5.41) is 5.76. The number of nitrogens with one attached hydrogen (secondary N) is 2. The summed E-state index contributed by atoms with van der Waals surface area (Å²) in [6.45, 7) is 8.45. The van der Waals surface area contributed by atoms with Crippen molar-refractivity contribution in [1.82, 2.24) is 20.4 Å². The Labute approximate surface area is 209 Å². The van der Waals surface area contributed by atoms with Crippen LogP contribution in [-0.2, 0) is 14.4 Å². The maximum absolute atomic E-state index is 13.8. The van der Waals surface area contributed by atoms with Gasteiger partial charge in [0, 0.05) is 19.2 Å². The van der Waals surface area contributed by atoms with E-state index in [1.807, 2.05) is 57.1 Å². The molecule has 3 aliphatic rings. The number of carbonyl (C=O) groups excluding carboxylic acids is 3. The highest BCUT2D eigenvalue weighted by atomic mass is 16.5. The molecule has 3 amide bonds. The lowest BCUT2D eigenvalue weighted by molar-refractivity contribution is -0.145. The van der Waals surface area contributed by atoms with Crippen LogP contribution in [0.15, 0.2) is 30.5 Å². The Balaban J connectivity index is 2.00. The smallest absolute Gasteiger partial charge is 0.247 e. The molecule has 0 aliphatic carbocycles. The highest BCUT2D eigenvalue weighted by molar-refractivity contribution is 5.94. The molecule has 8 heteroatoms. The SMILES string of the molecule is CCC(C)[C@@H]1NC(=O)C2[C@H](CCN2C(=O)[C@H](C(C)CC)N(C)C)Oc2ccc(cc2)/C=C\NC1=O. The first-order chi connectivity index (χ1) is 16.7. The van der Waals surface area contributed by atoms with E-state index in [4.69, 9.17) is 4.74 Å². The first kappa shape index (κ1) is 26.7. The van der Waals surface area contributed by atoms with Gasteiger partial charge in [-0.05, 0) is 49.7 Å². The topological polar surface area (TPSA) is 91.0 Å². The van der Waals surface area contributed by atoms with Crippen LogP contribution in [0.25, 0.3) is 6.08 Å². The summed E-state index contributed by atoms with van der Waals surface area (Å²) in [4.78, 5) is 44.1. The van der Waals surface area contributed by atoms with E-state index >= 15 is 0 Å². The fourth-order valence-electron chi connectivity index (χ4n) is 4.89. The summed E-state index contributed by atoms with van der Waals surface area (Å²) in [5.74, 6) is -0.0445. The van der Waals surface area contributed by atoms with E-state index < -0.39 is 18.2 Å². The molecule has 3 heterocycles. The minimum absolute atomic E-state index is 0.0838. The highest BCUT2D eigenvalue weighted by Crippen LogP contribution is 2.28. The molecular formula is C27H40N4O4. The van der Waals surface area contributed by atoms with E-state index in [9.17, 15) is 14.4 Å². The van der Waals surface area contributed by atoms with E-state index in [1.54, 1.807) is 17.2 Å². The zero-order valence-corrected chi connectivity index (χ0v) is 21.8. The van der Waals surface area contributed by atoms with Crippen LogP contribution in [0, 0.1) is 11.8 Å². The van der Waals surface area contributed by atoms with E-state index in [1.165, 1.54) is 0 Å². The number of ether oxygens (including phenoxy) is 1. The quantitative estimate of drug-likeness (QED) is 0.648. The number of amides is 3. The van der Waals surface area contributed by atoms with Gasteiger partial charge < -0.3 is 20.3 Å². The normalized spacial score (nSPS) is 26.1. The average Bonchev–Trinajstić information content (AvgIpc) is 3.25. The van der Waals surface area contributed by atoms with E-state index in [0.717, 1.165) is 12.0 Å². The molecule has 1 aromatic rings. The third-order valence-electron chi connectivity index (χ3n) is 7.35. The van der Waals surface area contributed by atoms with Crippen molar-refractivity contribution in [3.63, 3.8) is 0 Å². The fraction of sp³-hybridized carbons (Fsp3) is 0.593. The molecule has 0 saturated carbocycles. The van der Waals surface area contributed by atoms with Gasteiger partial charge in [-0.15, -0.1) is 0 Å². The van der Waals surface area contributed by atoms with E-state index in [-0.39, 0.29) is 35.6 Å². The number of nitrogens with zero attached hydrogens (tertiary/aromatic N) is 2. The monoisotopic (exact) mass is 484 g/mol. The van der Waals surface area contributed by atoms with Crippen molar-refractivity contribution in [2.24, 2.45) is 11.8 Å². The Bertz CT molecular complexity index is 930. The molecule has 8 nitrogen and oxygen atoms in total. The van der Waals surface area contributed by atoms with Crippen LogP contribution in [0.3, 0.4) is 0 Å². The second-order valence-corrected chi connectivity index (χ2v) is 10.00. The maximum atomic E-state index is 13.8. The standard InChI is InChI=1S/C27H40N4O4/c1-7-17(3)22-25(32)28-15-13-19-9-11-20(12-10-19)35-21-14-16-31(24(21)26(33)29-22)27(34)23(30(5)6)18(4)8-2/h9-13,15,17-18,21-24H,7-8,14,16H2,1-6H3,(H,28,32)(H,29,33)/b15-13-/t17?,18?,21-,22-,23-,24?/m0/s1. The number of carbonyl (C=O) groups is 3. The Morgan fingerprint density at radius 2 is 1.80 bits per heavy atom. The maximum Gasteiger partial charge on any atom is 0.247 e. The molecule has 3 unspecified atom stereocenters.